The summed E-state index contributed by atoms with van der Waals surface area (Å²) in [6.45, 7) is 8.11. The molecule has 1 N–H and O–H groups in total. The van der Waals surface area contributed by atoms with Gasteiger partial charge < -0.3 is 14.6 Å². The van der Waals surface area contributed by atoms with Gasteiger partial charge in [0.15, 0.2) is 0 Å². The predicted molar refractivity (Wildman–Crippen MR) is 137 cm³/mol. The van der Waals surface area contributed by atoms with Gasteiger partial charge in [0.2, 0.25) is 0 Å². The second-order valence-electron chi connectivity index (χ2n) is 9.87. The zero-order valence-electron chi connectivity index (χ0n) is 20.8. The average molecular weight is 579 g/mol. The van der Waals surface area contributed by atoms with Gasteiger partial charge in [-0.25, -0.2) is 4.79 Å². The highest BCUT2D eigenvalue weighted by Gasteiger charge is 2.69. The van der Waals surface area contributed by atoms with E-state index in [0.717, 1.165) is 12.1 Å². The maximum atomic E-state index is 14.8. The number of esters is 2. The van der Waals surface area contributed by atoms with E-state index in [9.17, 15) is 27.9 Å². The predicted octanol–water partition coefficient (Wildman–Crippen LogP) is 6.97. The number of alkyl halides is 3. The van der Waals surface area contributed by atoms with Crippen molar-refractivity contribution in [3.05, 3.63) is 68.7 Å². The third kappa shape index (κ3) is 5.90. The van der Waals surface area contributed by atoms with Crippen molar-refractivity contribution in [3.8, 4) is 0 Å². The topological polar surface area (TPSA) is 72.8 Å². The molecule has 11 heteroatoms. The van der Waals surface area contributed by atoms with Gasteiger partial charge in [-0.3, -0.25) is 4.79 Å². The molecular formula is C26H27Cl2F3O5S. The first-order valence-electron chi connectivity index (χ1n) is 11.4. The number of carbonyl (C=O) groups is 2. The summed E-state index contributed by atoms with van der Waals surface area (Å²) in [4.78, 5) is 25.5. The molecule has 3 atom stereocenters. The maximum absolute atomic E-state index is 14.8. The minimum Gasteiger partial charge on any atom is -0.465 e. The van der Waals surface area contributed by atoms with E-state index in [0.29, 0.717) is 5.56 Å². The van der Waals surface area contributed by atoms with E-state index < -0.39 is 45.7 Å². The quantitative estimate of drug-likeness (QED) is 0.386. The molecule has 2 unspecified atom stereocenters. The van der Waals surface area contributed by atoms with Crippen LogP contribution in [0.1, 0.15) is 61.2 Å². The first-order valence-corrected chi connectivity index (χ1v) is 13.0. The molecule has 0 bridgehead atoms. The van der Waals surface area contributed by atoms with Crippen LogP contribution in [0, 0.1) is 6.92 Å². The van der Waals surface area contributed by atoms with Gasteiger partial charge in [-0.15, -0.1) is 11.8 Å². The molecule has 2 aromatic carbocycles. The normalized spacial score (nSPS) is 24.1. The molecule has 5 nitrogen and oxygen atoms in total. The summed E-state index contributed by atoms with van der Waals surface area (Å²) in [7, 11) is 0. The van der Waals surface area contributed by atoms with Crippen molar-refractivity contribution in [1.29, 1.82) is 0 Å². The first kappa shape index (κ1) is 29.6. The molecule has 1 aliphatic rings. The smallest absolute Gasteiger partial charge is 0.407 e. The van der Waals surface area contributed by atoms with Crippen LogP contribution < -0.4 is 0 Å². The molecule has 202 valence electrons. The van der Waals surface area contributed by atoms with Gasteiger partial charge in [-0.1, -0.05) is 35.3 Å². The highest BCUT2D eigenvalue weighted by atomic mass is 35.5. The Bertz CT molecular complexity index is 1190. The summed E-state index contributed by atoms with van der Waals surface area (Å²) < 4.78 is 52.2. The fourth-order valence-corrected chi connectivity index (χ4v) is 6.51. The second-order valence-corrected chi connectivity index (χ2v) is 12.1. The van der Waals surface area contributed by atoms with Gasteiger partial charge in [0.05, 0.1) is 12.2 Å². The zero-order chi connectivity index (χ0) is 28.0. The van der Waals surface area contributed by atoms with Crippen molar-refractivity contribution >= 4 is 46.9 Å². The van der Waals surface area contributed by atoms with Crippen LogP contribution in [0.15, 0.2) is 36.4 Å². The molecule has 37 heavy (non-hydrogen) atoms. The van der Waals surface area contributed by atoms with Crippen molar-refractivity contribution in [1.82, 2.24) is 0 Å². The van der Waals surface area contributed by atoms with Gasteiger partial charge in [0.1, 0.15) is 21.2 Å². The van der Waals surface area contributed by atoms with Crippen molar-refractivity contribution in [2.24, 2.45) is 0 Å². The lowest BCUT2D eigenvalue weighted by molar-refractivity contribution is -0.174. The summed E-state index contributed by atoms with van der Waals surface area (Å²) in [6.07, 6.45) is -5.83. The highest BCUT2D eigenvalue weighted by molar-refractivity contribution is 8.02. The molecule has 0 radical (unpaired) electrons. The van der Waals surface area contributed by atoms with E-state index in [4.69, 9.17) is 32.7 Å². The number of thioether (sulfide) groups is 1. The van der Waals surface area contributed by atoms with Crippen LogP contribution in [0.25, 0.3) is 0 Å². The van der Waals surface area contributed by atoms with Crippen molar-refractivity contribution < 1.29 is 37.3 Å². The number of hydrogen-bond donors (Lipinski definition) is 1. The minimum absolute atomic E-state index is 0.0209. The average Bonchev–Trinajstić information content (AvgIpc) is 3.08. The van der Waals surface area contributed by atoms with Crippen LogP contribution in [0.3, 0.4) is 0 Å². The summed E-state index contributed by atoms with van der Waals surface area (Å²) >= 11 is 12.3. The third-order valence-corrected chi connectivity index (χ3v) is 8.17. The first-order chi connectivity index (χ1) is 16.9. The fraction of sp³-hybridized carbons (Fsp3) is 0.462. The molecule has 1 heterocycles. The maximum Gasteiger partial charge on any atom is 0.407 e. The molecular weight excluding hydrogens is 552 g/mol. The number of benzene rings is 2. The standard InChI is InChI=1S/C26H27Cl2F3O5S/c1-6-35-22(33)20-24(34,15-7-8-19(14(2)9-15)21(32)36-23(3,4)5)13-25(37-20,26(29,30)31)16-10-17(27)12-18(28)11-16/h7-12,20,34H,6,13H2,1-5H3/t20?,24?,25-/m1/s1. The number of carbonyl (C=O) groups excluding carboxylic acids is 2. The van der Waals surface area contributed by atoms with Crippen LogP contribution in [0.2, 0.25) is 10.0 Å². The Morgan fingerprint density at radius 1 is 1.08 bits per heavy atom. The largest absolute Gasteiger partial charge is 0.465 e. The second kappa shape index (κ2) is 10.3. The lowest BCUT2D eigenvalue weighted by Gasteiger charge is -2.33. The molecule has 3 rings (SSSR count). The number of rotatable bonds is 5. The molecule has 0 spiro atoms. The number of hydrogen-bond acceptors (Lipinski definition) is 6. The fourth-order valence-electron chi connectivity index (χ4n) is 4.31. The van der Waals surface area contributed by atoms with Crippen LogP contribution >= 0.6 is 35.0 Å². The van der Waals surface area contributed by atoms with E-state index in [1.54, 1.807) is 27.7 Å². The van der Waals surface area contributed by atoms with E-state index in [2.05, 4.69) is 0 Å². The summed E-state index contributed by atoms with van der Waals surface area (Å²) in [5.74, 6) is -1.62. The Hall–Kier alpha value is -1.94. The van der Waals surface area contributed by atoms with Gasteiger partial charge in [0.25, 0.3) is 0 Å². The SMILES string of the molecule is CCOC(=O)C1S[C@](c2cc(Cl)cc(Cl)c2)(C(F)(F)F)CC1(O)c1ccc(C(=O)OC(C)(C)C)c(C)c1. The number of aryl methyl sites for hydroxylation is 1. The van der Waals surface area contributed by atoms with Crippen molar-refractivity contribution in [2.45, 2.75) is 68.4 Å². The van der Waals surface area contributed by atoms with E-state index >= 15 is 0 Å². The Labute approximate surface area is 227 Å². The van der Waals surface area contributed by atoms with Gasteiger partial charge in [-0.05, 0) is 75.6 Å². The Balaban J connectivity index is 2.18. The molecule has 0 aliphatic carbocycles. The Morgan fingerprint density at radius 2 is 1.68 bits per heavy atom. The van der Waals surface area contributed by atoms with Crippen LogP contribution in [-0.2, 0) is 24.6 Å². The van der Waals surface area contributed by atoms with Crippen molar-refractivity contribution in [3.63, 3.8) is 0 Å². The third-order valence-electron chi connectivity index (χ3n) is 5.90. The summed E-state index contributed by atoms with van der Waals surface area (Å²) in [5.41, 5.74) is -2.79. The highest BCUT2D eigenvalue weighted by Crippen LogP contribution is 2.65. The monoisotopic (exact) mass is 578 g/mol. The van der Waals surface area contributed by atoms with Gasteiger partial charge in [-0.2, -0.15) is 13.2 Å². The van der Waals surface area contributed by atoms with Gasteiger partial charge in [0, 0.05) is 16.5 Å². The van der Waals surface area contributed by atoms with Gasteiger partial charge >= 0.3 is 18.1 Å². The summed E-state index contributed by atoms with van der Waals surface area (Å²) in [5, 5.41) is 10.2. The van der Waals surface area contributed by atoms with E-state index in [-0.39, 0.29) is 45.1 Å². The Kier molecular flexibility index (Phi) is 8.26. The molecule has 2 aromatic rings. The lowest BCUT2D eigenvalue weighted by Crippen LogP contribution is -2.42. The molecule has 1 fully saturated rings. The number of ether oxygens (including phenoxy) is 2. The number of aliphatic hydroxyl groups is 1. The molecule has 1 saturated heterocycles. The molecule has 0 amide bonds. The minimum atomic E-state index is -4.91. The molecule has 1 aliphatic heterocycles. The van der Waals surface area contributed by atoms with E-state index in [1.807, 2.05) is 0 Å². The van der Waals surface area contributed by atoms with E-state index in [1.165, 1.54) is 31.2 Å². The van der Waals surface area contributed by atoms with Crippen LogP contribution in [0.4, 0.5) is 13.2 Å². The Morgan fingerprint density at radius 3 is 2.16 bits per heavy atom. The lowest BCUT2D eigenvalue weighted by atomic mass is 9.78. The molecule has 0 saturated carbocycles. The van der Waals surface area contributed by atoms with Crippen LogP contribution in [0.5, 0.6) is 0 Å². The zero-order valence-corrected chi connectivity index (χ0v) is 23.2. The summed E-state index contributed by atoms with van der Waals surface area (Å²) in [6, 6.07) is 7.63. The van der Waals surface area contributed by atoms with Crippen molar-refractivity contribution in [2.75, 3.05) is 6.61 Å². The molecule has 0 aromatic heterocycles. The number of halogens is 5. The van der Waals surface area contributed by atoms with Crippen LogP contribution in [-0.4, -0.2) is 40.7 Å².